The van der Waals surface area contributed by atoms with E-state index in [2.05, 4.69) is 0 Å². The molecular weight excluding hydrogens is 291 g/mol. The van der Waals surface area contributed by atoms with Crippen LogP contribution in [0.15, 0.2) is 18.2 Å². The molecule has 0 spiro atoms. The maximum absolute atomic E-state index is 13.0. The Bertz CT molecular complexity index is 538. The first kappa shape index (κ1) is 13.2. The quantitative estimate of drug-likeness (QED) is 0.682. The van der Waals surface area contributed by atoms with Crippen molar-refractivity contribution in [2.24, 2.45) is 29.6 Å². The Hall–Kier alpha value is -0.530. The van der Waals surface area contributed by atoms with Crippen LogP contribution < -0.4 is 0 Å². The third-order valence-corrected chi connectivity index (χ3v) is 6.29. The van der Waals surface area contributed by atoms with Gasteiger partial charge in [-0.05, 0) is 74.0 Å². The van der Waals surface area contributed by atoms with Crippen molar-refractivity contribution >= 4 is 29.0 Å². The van der Waals surface area contributed by atoms with E-state index in [0.29, 0.717) is 27.4 Å². The molecule has 4 fully saturated rings. The summed E-state index contributed by atoms with van der Waals surface area (Å²) >= 11 is 12.3. The summed E-state index contributed by atoms with van der Waals surface area (Å²) in [5, 5.41) is 1.15. The van der Waals surface area contributed by atoms with E-state index in [1.807, 2.05) is 0 Å². The van der Waals surface area contributed by atoms with Gasteiger partial charge in [0, 0.05) is 16.5 Å². The highest BCUT2D eigenvalue weighted by Gasteiger charge is 2.50. The Morgan fingerprint density at radius 2 is 1.55 bits per heavy atom. The first-order valence-electron chi connectivity index (χ1n) is 7.61. The van der Waals surface area contributed by atoms with E-state index >= 15 is 0 Å². The molecule has 106 valence electrons. The van der Waals surface area contributed by atoms with Gasteiger partial charge in [-0.3, -0.25) is 4.79 Å². The molecule has 0 unspecified atom stereocenters. The Balaban J connectivity index is 1.67. The second-order valence-corrected chi connectivity index (χ2v) is 7.79. The fourth-order valence-electron chi connectivity index (χ4n) is 5.22. The molecule has 0 amide bonds. The summed E-state index contributed by atoms with van der Waals surface area (Å²) in [4.78, 5) is 13.0. The summed E-state index contributed by atoms with van der Waals surface area (Å²) in [6.45, 7) is 0. The second-order valence-electron chi connectivity index (χ2n) is 6.94. The molecule has 1 aromatic carbocycles. The van der Waals surface area contributed by atoms with Crippen LogP contribution in [0.2, 0.25) is 10.0 Å². The highest BCUT2D eigenvalue weighted by Crippen LogP contribution is 2.57. The molecule has 1 nitrogen and oxygen atoms in total. The summed E-state index contributed by atoms with van der Waals surface area (Å²) in [5.74, 6) is 3.39. The molecule has 0 atom stereocenters. The number of rotatable bonds is 2. The van der Waals surface area contributed by atoms with Crippen molar-refractivity contribution in [1.82, 2.24) is 0 Å². The maximum atomic E-state index is 13.0. The van der Waals surface area contributed by atoms with Gasteiger partial charge in [0.1, 0.15) is 0 Å². The van der Waals surface area contributed by atoms with E-state index in [4.69, 9.17) is 23.2 Å². The molecule has 0 heterocycles. The fourth-order valence-corrected chi connectivity index (χ4v) is 5.60. The van der Waals surface area contributed by atoms with Crippen molar-refractivity contribution in [1.29, 1.82) is 0 Å². The lowest BCUT2D eigenvalue weighted by atomic mass is 9.51. The van der Waals surface area contributed by atoms with Crippen molar-refractivity contribution in [2.45, 2.75) is 32.1 Å². The molecule has 4 saturated carbocycles. The number of hydrogen-bond donors (Lipinski definition) is 0. The summed E-state index contributed by atoms with van der Waals surface area (Å²) in [6.07, 6.45) is 6.41. The van der Waals surface area contributed by atoms with Gasteiger partial charge in [-0.15, -0.1) is 0 Å². The van der Waals surface area contributed by atoms with E-state index in [9.17, 15) is 4.79 Å². The third-order valence-electron chi connectivity index (χ3n) is 5.72. The Kier molecular flexibility index (Phi) is 3.12. The van der Waals surface area contributed by atoms with Gasteiger partial charge in [0.25, 0.3) is 0 Å². The van der Waals surface area contributed by atoms with E-state index < -0.39 is 0 Å². The minimum atomic E-state index is 0.193. The zero-order valence-electron chi connectivity index (χ0n) is 11.3. The van der Waals surface area contributed by atoms with Crippen LogP contribution in [0.25, 0.3) is 0 Å². The molecular formula is C17H18Cl2O. The number of carbonyl (C=O) groups is 1. The van der Waals surface area contributed by atoms with Gasteiger partial charge < -0.3 is 0 Å². The molecule has 5 rings (SSSR count). The molecule has 4 bridgehead atoms. The van der Waals surface area contributed by atoms with E-state index in [0.717, 1.165) is 11.8 Å². The van der Waals surface area contributed by atoms with Crippen LogP contribution in [0.1, 0.15) is 42.5 Å². The highest BCUT2D eigenvalue weighted by atomic mass is 35.5. The number of benzene rings is 1. The molecule has 0 N–H and O–H groups in total. The molecule has 0 aromatic heterocycles. The summed E-state index contributed by atoms with van der Waals surface area (Å²) < 4.78 is 0. The number of hydrogen-bond acceptors (Lipinski definition) is 1. The predicted octanol–water partition coefficient (Wildman–Crippen LogP) is 5.25. The predicted molar refractivity (Wildman–Crippen MR) is 81.3 cm³/mol. The van der Waals surface area contributed by atoms with Crippen molar-refractivity contribution in [2.75, 3.05) is 0 Å². The minimum Gasteiger partial charge on any atom is -0.294 e. The monoisotopic (exact) mass is 308 g/mol. The van der Waals surface area contributed by atoms with Crippen molar-refractivity contribution in [3.8, 4) is 0 Å². The molecule has 20 heavy (non-hydrogen) atoms. The van der Waals surface area contributed by atoms with Crippen molar-refractivity contribution in [3.63, 3.8) is 0 Å². The zero-order valence-corrected chi connectivity index (χ0v) is 12.8. The van der Waals surface area contributed by atoms with Crippen LogP contribution in [-0.2, 0) is 0 Å². The topological polar surface area (TPSA) is 17.1 Å². The lowest BCUT2D eigenvalue weighted by Crippen LogP contribution is -2.48. The highest BCUT2D eigenvalue weighted by molar-refractivity contribution is 6.36. The van der Waals surface area contributed by atoms with Crippen LogP contribution in [0.4, 0.5) is 0 Å². The molecule has 4 aliphatic rings. The van der Waals surface area contributed by atoms with Crippen LogP contribution in [0, 0.1) is 29.6 Å². The Morgan fingerprint density at radius 1 is 0.950 bits per heavy atom. The molecule has 0 aliphatic heterocycles. The van der Waals surface area contributed by atoms with Crippen molar-refractivity contribution < 1.29 is 4.79 Å². The van der Waals surface area contributed by atoms with Crippen LogP contribution in [0.5, 0.6) is 0 Å². The van der Waals surface area contributed by atoms with Gasteiger partial charge in [-0.25, -0.2) is 0 Å². The minimum absolute atomic E-state index is 0.193. The summed E-state index contributed by atoms with van der Waals surface area (Å²) in [7, 11) is 0. The maximum Gasteiger partial charge on any atom is 0.168 e. The molecule has 0 radical (unpaired) electrons. The Labute approximate surface area is 129 Å². The van der Waals surface area contributed by atoms with Crippen molar-refractivity contribution in [3.05, 3.63) is 33.8 Å². The van der Waals surface area contributed by atoms with Gasteiger partial charge in [-0.2, -0.15) is 0 Å². The van der Waals surface area contributed by atoms with Gasteiger partial charge >= 0.3 is 0 Å². The third kappa shape index (κ3) is 2.02. The standard InChI is InChI=1S/C17H18Cl2O/c18-13-1-2-15(19)14(8-13)17(20)16-11-4-9-3-10(6-11)7-12(16)5-9/h1-2,8-12,16H,3-7H2. The molecule has 0 saturated heterocycles. The average Bonchev–Trinajstić information content (AvgIpc) is 2.40. The molecule has 3 heteroatoms. The van der Waals surface area contributed by atoms with Crippen LogP contribution in [-0.4, -0.2) is 5.78 Å². The normalized spacial score (nSPS) is 38.2. The largest absolute Gasteiger partial charge is 0.294 e. The lowest BCUT2D eigenvalue weighted by Gasteiger charge is -2.53. The number of carbonyl (C=O) groups excluding carboxylic acids is 1. The van der Waals surface area contributed by atoms with Crippen LogP contribution in [0.3, 0.4) is 0 Å². The fraction of sp³-hybridized carbons (Fsp3) is 0.588. The van der Waals surface area contributed by atoms with Crippen LogP contribution >= 0.6 is 23.2 Å². The smallest absolute Gasteiger partial charge is 0.168 e. The lowest BCUT2D eigenvalue weighted by molar-refractivity contribution is -0.0251. The van der Waals surface area contributed by atoms with Gasteiger partial charge in [-0.1, -0.05) is 23.2 Å². The average molecular weight is 309 g/mol. The SMILES string of the molecule is O=C(c1cc(Cl)ccc1Cl)C1C2CC3CC(C2)CC1C3. The summed E-state index contributed by atoms with van der Waals surface area (Å²) in [5.41, 5.74) is 0.636. The first-order valence-corrected chi connectivity index (χ1v) is 8.36. The van der Waals surface area contributed by atoms with E-state index in [1.165, 1.54) is 32.1 Å². The molecule has 1 aromatic rings. The number of ketones is 1. The first-order chi connectivity index (χ1) is 9.61. The summed E-state index contributed by atoms with van der Waals surface area (Å²) in [6, 6.07) is 5.24. The van der Waals surface area contributed by atoms with Gasteiger partial charge in [0.15, 0.2) is 5.78 Å². The zero-order chi connectivity index (χ0) is 13.9. The van der Waals surface area contributed by atoms with E-state index in [-0.39, 0.29) is 11.7 Å². The number of Topliss-reactive ketones (excluding diaryl/α,β-unsaturated/α-hetero) is 1. The van der Waals surface area contributed by atoms with Gasteiger partial charge in [0.2, 0.25) is 0 Å². The second kappa shape index (κ2) is 4.74. The van der Waals surface area contributed by atoms with Gasteiger partial charge in [0.05, 0.1) is 5.02 Å². The number of halogens is 2. The Morgan fingerprint density at radius 3 is 2.15 bits per heavy atom. The van der Waals surface area contributed by atoms with E-state index in [1.54, 1.807) is 18.2 Å². The molecule has 4 aliphatic carbocycles.